The molecule has 2 rings (SSSR count). The van der Waals surface area contributed by atoms with Crippen molar-refractivity contribution in [3.05, 3.63) is 24.4 Å². The van der Waals surface area contributed by atoms with E-state index in [1.807, 2.05) is 6.92 Å². The van der Waals surface area contributed by atoms with Gasteiger partial charge < -0.3 is 5.32 Å². The van der Waals surface area contributed by atoms with Gasteiger partial charge >= 0.3 is 0 Å². The standard InChI is InChI=1S/C9H12N6O/c1-6-3-11-14-8(6)13-9(16)7(2)15-5-10-4-12-15/h3-5,7H,1-2H3,(H2,11,13,14,16). The summed E-state index contributed by atoms with van der Waals surface area (Å²) in [5, 5.41) is 13.2. The van der Waals surface area contributed by atoms with Crippen LogP contribution in [0.2, 0.25) is 0 Å². The summed E-state index contributed by atoms with van der Waals surface area (Å²) in [6.45, 7) is 3.61. The molecule has 2 N–H and O–H groups in total. The number of aromatic amines is 1. The van der Waals surface area contributed by atoms with Crippen molar-refractivity contribution in [2.45, 2.75) is 19.9 Å². The Kier molecular flexibility index (Phi) is 2.67. The SMILES string of the molecule is Cc1cn[nH]c1NC(=O)C(C)n1cncn1. The second-order valence-electron chi connectivity index (χ2n) is 3.47. The lowest BCUT2D eigenvalue weighted by Gasteiger charge is -2.11. The van der Waals surface area contributed by atoms with Crippen molar-refractivity contribution >= 4 is 11.7 Å². The highest BCUT2D eigenvalue weighted by atomic mass is 16.2. The highest BCUT2D eigenvalue weighted by Gasteiger charge is 2.16. The van der Waals surface area contributed by atoms with E-state index < -0.39 is 6.04 Å². The highest BCUT2D eigenvalue weighted by Crippen LogP contribution is 2.11. The van der Waals surface area contributed by atoms with Crippen LogP contribution in [0.1, 0.15) is 18.5 Å². The van der Waals surface area contributed by atoms with Gasteiger partial charge in [0, 0.05) is 5.56 Å². The molecule has 0 aliphatic rings. The Balaban J connectivity index is 2.07. The fourth-order valence-electron chi connectivity index (χ4n) is 1.24. The van der Waals surface area contributed by atoms with Gasteiger partial charge in [-0.15, -0.1) is 0 Å². The fraction of sp³-hybridized carbons (Fsp3) is 0.333. The number of nitrogens with one attached hydrogen (secondary N) is 2. The Morgan fingerprint density at radius 2 is 2.44 bits per heavy atom. The van der Waals surface area contributed by atoms with E-state index in [9.17, 15) is 4.79 Å². The summed E-state index contributed by atoms with van der Waals surface area (Å²) in [6, 6.07) is -0.412. The molecule has 0 fully saturated rings. The molecule has 2 aromatic rings. The van der Waals surface area contributed by atoms with Crippen molar-refractivity contribution in [2.75, 3.05) is 5.32 Å². The van der Waals surface area contributed by atoms with Crippen molar-refractivity contribution in [3.8, 4) is 0 Å². The number of H-pyrrole nitrogens is 1. The third-order valence-electron chi connectivity index (χ3n) is 2.29. The second-order valence-corrected chi connectivity index (χ2v) is 3.47. The molecule has 0 radical (unpaired) electrons. The number of carbonyl (C=O) groups excluding carboxylic acids is 1. The summed E-state index contributed by atoms with van der Waals surface area (Å²) in [5.41, 5.74) is 0.888. The van der Waals surface area contributed by atoms with Crippen molar-refractivity contribution < 1.29 is 4.79 Å². The Hall–Kier alpha value is -2.18. The molecule has 0 bridgehead atoms. The monoisotopic (exact) mass is 220 g/mol. The normalized spacial score (nSPS) is 12.4. The first-order valence-corrected chi connectivity index (χ1v) is 4.83. The van der Waals surface area contributed by atoms with E-state index in [0.717, 1.165) is 5.56 Å². The van der Waals surface area contributed by atoms with Crippen molar-refractivity contribution in [1.82, 2.24) is 25.0 Å². The van der Waals surface area contributed by atoms with E-state index in [1.54, 1.807) is 13.1 Å². The van der Waals surface area contributed by atoms with Crippen LogP contribution < -0.4 is 5.32 Å². The van der Waals surface area contributed by atoms with Gasteiger partial charge in [0.1, 0.15) is 24.5 Å². The highest BCUT2D eigenvalue weighted by molar-refractivity contribution is 5.93. The first-order chi connectivity index (χ1) is 7.68. The molecule has 1 amide bonds. The van der Waals surface area contributed by atoms with Crippen molar-refractivity contribution in [1.29, 1.82) is 0 Å². The minimum absolute atomic E-state index is 0.169. The summed E-state index contributed by atoms with van der Waals surface area (Å²) in [5.74, 6) is 0.440. The van der Waals surface area contributed by atoms with Crippen LogP contribution in [0.4, 0.5) is 5.82 Å². The van der Waals surface area contributed by atoms with E-state index in [0.29, 0.717) is 5.82 Å². The fourth-order valence-corrected chi connectivity index (χ4v) is 1.24. The lowest BCUT2D eigenvalue weighted by Crippen LogP contribution is -2.24. The maximum absolute atomic E-state index is 11.8. The first-order valence-electron chi connectivity index (χ1n) is 4.83. The number of aromatic nitrogens is 5. The molecular weight excluding hydrogens is 208 g/mol. The summed E-state index contributed by atoms with van der Waals surface area (Å²) >= 11 is 0. The summed E-state index contributed by atoms with van der Waals surface area (Å²) in [4.78, 5) is 15.6. The van der Waals surface area contributed by atoms with Crippen LogP contribution in [-0.2, 0) is 4.79 Å². The summed E-state index contributed by atoms with van der Waals surface area (Å²) in [6.07, 6.45) is 4.55. The summed E-state index contributed by atoms with van der Waals surface area (Å²) in [7, 11) is 0. The lowest BCUT2D eigenvalue weighted by atomic mass is 10.3. The number of nitrogens with zero attached hydrogens (tertiary/aromatic N) is 4. The Morgan fingerprint density at radius 1 is 1.62 bits per heavy atom. The van der Waals surface area contributed by atoms with Crippen LogP contribution in [0.5, 0.6) is 0 Å². The maximum atomic E-state index is 11.8. The number of aryl methyl sites for hydroxylation is 1. The lowest BCUT2D eigenvalue weighted by molar-refractivity contribution is -0.119. The van der Waals surface area contributed by atoms with Gasteiger partial charge in [-0.05, 0) is 13.8 Å². The number of rotatable bonds is 3. The first kappa shape index (κ1) is 10.3. The zero-order valence-electron chi connectivity index (χ0n) is 9.01. The van der Waals surface area contributed by atoms with Crippen LogP contribution >= 0.6 is 0 Å². The van der Waals surface area contributed by atoms with Gasteiger partial charge in [0.15, 0.2) is 0 Å². The summed E-state index contributed by atoms with van der Waals surface area (Å²) < 4.78 is 1.49. The van der Waals surface area contributed by atoms with Gasteiger partial charge in [0.05, 0.1) is 6.20 Å². The Bertz CT molecular complexity index is 474. The Labute approximate surface area is 91.9 Å². The second kappa shape index (κ2) is 4.13. The van der Waals surface area contributed by atoms with E-state index >= 15 is 0 Å². The molecule has 16 heavy (non-hydrogen) atoms. The molecule has 1 unspecified atom stereocenters. The van der Waals surface area contributed by atoms with Crippen LogP contribution in [0.25, 0.3) is 0 Å². The molecule has 2 heterocycles. The minimum Gasteiger partial charge on any atom is -0.309 e. The number of anilines is 1. The van der Waals surface area contributed by atoms with Gasteiger partial charge in [-0.25, -0.2) is 9.67 Å². The number of carbonyl (C=O) groups is 1. The third-order valence-corrected chi connectivity index (χ3v) is 2.29. The van der Waals surface area contributed by atoms with Crippen LogP contribution in [0.3, 0.4) is 0 Å². The van der Waals surface area contributed by atoms with Gasteiger partial charge in [-0.1, -0.05) is 0 Å². The molecule has 0 spiro atoms. The molecule has 0 aliphatic heterocycles. The van der Waals surface area contributed by atoms with E-state index in [1.165, 1.54) is 17.3 Å². The molecule has 0 saturated heterocycles. The van der Waals surface area contributed by atoms with Gasteiger partial charge in [-0.2, -0.15) is 10.2 Å². The van der Waals surface area contributed by atoms with Crippen LogP contribution in [0, 0.1) is 6.92 Å². The molecule has 0 saturated carbocycles. The average molecular weight is 220 g/mol. The van der Waals surface area contributed by atoms with E-state index in [2.05, 4.69) is 25.6 Å². The number of hydrogen-bond donors (Lipinski definition) is 2. The van der Waals surface area contributed by atoms with Crippen LogP contribution in [-0.4, -0.2) is 30.9 Å². The van der Waals surface area contributed by atoms with E-state index in [-0.39, 0.29) is 5.91 Å². The Morgan fingerprint density at radius 3 is 3.00 bits per heavy atom. The van der Waals surface area contributed by atoms with Crippen molar-refractivity contribution in [3.63, 3.8) is 0 Å². The molecule has 0 aromatic carbocycles. The van der Waals surface area contributed by atoms with Gasteiger partial charge in [0.25, 0.3) is 0 Å². The van der Waals surface area contributed by atoms with Crippen LogP contribution in [0.15, 0.2) is 18.9 Å². The third kappa shape index (κ3) is 1.92. The predicted octanol–water partition coefficient (Wildman–Crippen LogP) is 0.509. The molecule has 0 aliphatic carbocycles. The zero-order valence-corrected chi connectivity index (χ0v) is 9.01. The number of hydrogen-bond acceptors (Lipinski definition) is 4. The van der Waals surface area contributed by atoms with Gasteiger partial charge in [-0.3, -0.25) is 9.89 Å². The molecular formula is C9H12N6O. The topological polar surface area (TPSA) is 88.5 Å². The number of amides is 1. The van der Waals surface area contributed by atoms with Crippen molar-refractivity contribution in [2.24, 2.45) is 0 Å². The molecule has 1 atom stereocenters. The predicted molar refractivity (Wildman–Crippen MR) is 56.7 cm³/mol. The molecule has 2 aromatic heterocycles. The molecule has 7 nitrogen and oxygen atoms in total. The van der Waals surface area contributed by atoms with Gasteiger partial charge in [0.2, 0.25) is 5.91 Å². The maximum Gasteiger partial charge on any atom is 0.250 e. The molecule has 84 valence electrons. The largest absolute Gasteiger partial charge is 0.309 e. The smallest absolute Gasteiger partial charge is 0.250 e. The van der Waals surface area contributed by atoms with E-state index in [4.69, 9.17) is 0 Å². The molecule has 7 heteroatoms. The quantitative estimate of drug-likeness (QED) is 0.788. The minimum atomic E-state index is -0.412. The average Bonchev–Trinajstić information content (AvgIpc) is 2.89. The zero-order chi connectivity index (χ0) is 11.5.